The predicted octanol–water partition coefficient (Wildman–Crippen LogP) is 2.81. The quantitative estimate of drug-likeness (QED) is 0.847. The molecular formula is C22H23N3O4. The van der Waals surface area contributed by atoms with Gasteiger partial charge in [-0.15, -0.1) is 0 Å². The highest BCUT2D eigenvalue weighted by molar-refractivity contribution is 6.04. The van der Waals surface area contributed by atoms with Crippen LogP contribution in [0.1, 0.15) is 19.3 Å². The number of amides is 3. The van der Waals surface area contributed by atoms with Gasteiger partial charge in [0.1, 0.15) is 5.75 Å². The Hall–Kier alpha value is -3.35. The zero-order valence-electron chi connectivity index (χ0n) is 16.3. The fraction of sp³-hybridized carbons (Fsp3) is 0.318. The van der Waals surface area contributed by atoms with E-state index in [9.17, 15) is 14.4 Å². The smallest absolute Gasteiger partial charge is 0.229 e. The van der Waals surface area contributed by atoms with Crippen LogP contribution in [0.5, 0.6) is 5.75 Å². The van der Waals surface area contributed by atoms with Gasteiger partial charge in [0.05, 0.1) is 18.7 Å². The van der Waals surface area contributed by atoms with Gasteiger partial charge in [0.15, 0.2) is 0 Å². The molecule has 4 rings (SSSR count). The number of benzene rings is 2. The molecule has 2 aromatic carbocycles. The number of nitrogens with one attached hydrogen (secondary N) is 1. The zero-order valence-corrected chi connectivity index (χ0v) is 16.3. The molecule has 29 heavy (non-hydrogen) atoms. The van der Waals surface area contributed by atoms with Crippen molar-refractivity contribution in [2.45, 2.75) is 19.3 Å². The van der Waals surface area contributed by atoms with E-state index >= 15 is 0 Å². The van der Waals surface area contributed by atoms with Crippen molar-refractivity contribution in [1.29, 1.82) is 0 Å². The molecule has 0 aromatic heterocycles. The van der Waals surface area contributed by atoms with E-state index < -0.39 is 5.92 Å². The molecule has 2 aliphatic heterocycles. The van der Waals surface area contributed by atoms with Crippen LogP contribution in [-0.2, 0) is 14.4 Å². The summed E-state index contributed by atoms with van der Waals surface area (Å²) >= 11 is 0. The second-order valence-corrected chi connectivity index (χ2v) is 7.27. The Balaban J connectivity index is 1.46. The summed E-state index contributed by atoms with van der Waals surface area (Å²) in [7, 11) is 1.54. The Morgan fingerprint density at radius 2 is 1.86 bits per heavy atom. The average Bonchev–Trinajstić information content (AvgIpc) is 3.34. The van der Waals surface area contributed by atoms with Crippen molar-refractivity contribution < 1.29 is 19.1 Å². The minimum absolute atomic E-state index is 0.0585. The summed E-state index contributed by atoms with van der Waals surface area (Å²) in [6, 6.07) is 14.6. The molecule has 0 saturated carbocycles. The molecule has 1 atom stereocenters. The van der Waals surface area contributed by atoms with Crippen LogP contribution in [0.4, 0.5) is 17.1 Å². The second-order valence-electron chi connectivity index (χ2n) is 7.27. The first-order valence-corrected chi connectivity index (χ1v) is 9.71. The van der Waals surface area contributed by atoms with Crippen molar-refractivity contribution >= 4 is 34.8 Å². The van der Waals surface area contributed by atoms with Gasteiger partial charge in [-0.05, 0) is 30.7 Å². The predicted molar refractivity (Wildman–Crippen MR) is 110 cm³/mol. The summed E-state index contributed by atoms with van der Waals surface area (Å²) in [5.74, 6) is -0.0776. The van der Waals surface area contributed by atoms with E-state index in [1.54, 1.807) is 35.1 Å². The minimum atomic E-state index is -0.423. The third-order valence-corrected chi connectivity index (χ3v) is 5.38. The normalized spacial score (nSPS) is 19.0. The molecule has 0 spiro atoms. The highest BCUT2D eigenvalue weighted by Crippen LogP contribution is 2.34. The standard InChI is InChI=1S/C22H23N3O4/c1-29-19-13-16(9-10-18(19)24-11-5-8-20(24)26)23-22(28)15-12-21(27)25(14-15)17-6-3-2-4-7-17/h2-4,6-7,9-10,13,15H,5,8,11-12,14H2,1H3,(H,23,28). The van der Waals surface area contributed by atoms with Crippen LogP contribution in [0.2, 0.25) is 0 Å². The zero-order chi connectivity index (χ0) is 20.4. The molecule has 3 amide bonds. The van der Waals surface area contributed by atoms with Crippen molar-refractivity contribution in [3.8, 4) is 5.75 Å². The fourth-order valence-electron chi connectivity index (χ4n) is 3.87. The number of nitrogens with zero attached hydrogens (tertiary/aromatic N) is 2. The lowest BCUT2D eigenvalue weighted by Gasteiger charge is -2.20. The van der Waals surface area contributed by atoms with Crippen molar-refractivity contribution in [2.75, 3.05) is 35.3 Å². The van der Waals surface area contributed by atoms with Gasteiger partial charge in [0, 0.05) is 43.4 Å². The number of hydrogen-bond acceptors (Lipinski definition) is 4. The maximum atomic E-state index is 12.7. The molecule has 2 heterocycles. The molecule has 0 radical (unpaired) electrons. The maximum Gasteiger partial charge on any atom is 0.229 e. The van der Waals surface area contributed by atoms with Crippen molar-refractivity contribution in [3.05, 3.63) is 48.5 Å². The second kappa shape index (κ2) is 7.95. The van der Waals surface area contributed by atoms with Gasteiger partial charge in [-0.3, -0.25) is 14.4 Å². The number of carbonyl (C=O) groups excluding carboxylic acids is 3. The largest absolute Gasteiger partial charge is 0.494 e. The number of hydrogen-bond donors (Lipinski definition) is 1. The molecule has 1 N–H and O–H groups in total. The van der Waals surface area contributed by atoms with Gasteiger partial charge >= 0.3 is 0 Å². The van der Waals surface area contributed by atoms with Crippen LogP contribution in [0.3, 0.4) is 0 Å². The summed E-state index contributed by atoms with van der Waals surface area (Å²) in [5.41, 5.74) is 2.08. The Labute approximate surface area is 169 Å². The van der Waals surface area contributed by atoms with E-state index in [1.165, 1.54) is 0 Å². The van der Waals surface area contributed by atoms with Crippen LogP contribution in [-0.4, -0.2) is 37.9 Å². The summed E-state index contributed by atoms with van der Waals surface area (Å²) in [5, 5.41) is 2.88. The van der Waals surface area contributed by atoms with Gasteiger partial charge < -0.3 is 19.9 Å². The van der Waals surface area contributed by atoms with E-state index in [0.29, 0.717) is 36.6 Å². The van der Waals surface area contributed by atoms with Crippen molar-refractivity contribution in [2.24, 2.45) is 5.92 Å². The van der Waals surface area contributed by atoms with E-state index in [1.807, 2.05) is 30.3 Å². The number of carbonyl (C=O) groups is 3. The molecule has 7 nitrogen and oxygen atoms in total. The molecule has 2 aliphatic rings. The first-order chi connectivity index (χ1) is 14.1. The maximum absolute atomic E-state index is 12.7. The molecule has 2 fully saturated rings. The lowest BCUT2D eigenvalue weighted by Crippen LogP contribution is -2.28. The first-order valence-electron chi connectivity index (χ1n) is 9.71. The molecule has 2 saturated heterocycles. The Kier molecular flexibility index (Phi) is 5.20. The van der Waals surface area contributed by atoms with Crippen molar-refractivity contribution in [3.63, 3.8) is 0 Å². The Morgan fingerprint density at radius 1 is 1.07 bits per heavy atom. The molecule has 2 aromatic rings. The summed E-state index contributed by atoms with van der Waals surface area (Å²) in [6.45, 7) is 1.02. The highest BCUT2D eigenvalue weighted by atomic mass is 16.5. The molecule has 150 valence electrons. The van der Waals surface area contributed by atoms with E-state index in [0.717, 1.165) is 12.1 Å². The van der Waals surface area contributed by atoms with E-state index in [4.69, 9.17) is 4.74 Å². The number of anilines is 3. The van der Waals surface area contributed by atoms with Crippen LogP contribution in [0.15, 0.2) is 48.5 Å². The van der Waals surface area contributed by atoms with Crippen LogP contribution < -0.4 is 19.9 Å². The Bertz CT molecular complexity index is 944. The lowest BCUT2D eigenvalue weighted by molar-refractivity contribution is -0.122. The summed E-state index contributed by atoms with van der Waals surface area (Å²) in [4.78, 5) is 40.5. The number of para-hydroxylation sites is 1. The summed E-state index contributed by atoms with van der Waals surface area (Å²) < 4.78 is 5.44. The average molecular weight is 393 g/mol. The Morgan fingerprint density at radius 3 is 2.55 bits per heavy atom. The molecule has 0 bridgehead atoms. The van der Waals surface area contributed by atoms with Gasteiger partial charge in [-0.2, -0.15) is 0 Å². The van der Waals surface area contributed by atoms with E-state index in [2.05, 4.69) is 5.32 Å². The molecule has 7 heteroatoms. The topological polar surface area (TPSA) is 79.0 Å². The highest BCUT2D eigenvalue weighted by Gasteiger charge is 2.35. The van der Waals surface area contributed by atoms with Gasteiger partial charge in [0.2, 0.25) is 17.7 Å². The van der Waals surface area contributed by atoms with Crippen LogP contribution in [0.25, 0.3) is 0 Å². The number of ether oxygens (including phenoxy) is 1. The van der Waals surface area contributed by atoms with Crippen molar-refractivity contribution in [1.82, 2.24) is 0 Å². The molecule has 1 unspecified atom stereocenters. The SMILES string of the molecule is COc1cc(NC(=O)C2CC(=O)N(c3ccccc3)C2)ccc1N1CCCC1=O. The lowest BCUT2D eigenvalue weighted by atomic mass is 10.1. The minimum Gasteiger partial charge on any atom is -0.494 e. The van der Waals surface area contributed by atoms with Gasteiger partial charge in [-0.1, -0.05) is 18.2 Å². The van der Waals surface area contributed by atoms with Gasteiger partial charge in [0.25, 0.3) is 0 Å². The van der Waals surface area contributed by atoms with Gasteiger partial charge in [-0.25, -0.2) is 0 Å². The van der Waals surface area contributed by atoms with E-state index in [-0.39, 0.29) is 24.1 Å². The molecule has 0 aliphatic carbocycles. The summed E-state index contributed by atoms with van der Waals surface area (Å²) in [6.07, 6.45) is 1.54. The number of methoxy groups -OCH3 is 1. The third kappa shape index (κ3) is 3.81. The number of rotatable bonds is 5. The first kappa shape index (κ1) is 19.0. The monoisotopic (exact) mass is 393 g/mol. The van der Waals surface area contributed by atoms with Crippen LogP contribution >= 0.6 is 0 Å². The third-order valence-electron chi connectivity index (χ3n) is 5.38. The molecular weight excluding hydrogens is 370 g/mol. The fourth-order valence-corrected chi connectivity index (χ4v) is 3.87. The van der Waals surface area contributed by atoms with Crippen LogP contribution in [0, 0.1) is 5.92 Å².